The Hall–Kier alpha value is -1.99. The van der Waals surface area contributed by atoms with Crippen molar-refractivity contribution in [3.8, 4) is 0 Å². The number of nitrogens with zero attached hydrogens (tertiary/aromatic N) is 1. The van der Waals surface area contributed by atoms with E-state index < -0.39 is 18.1 Å². The minimum absolute atomic E-state index is 0.148. The first-order valence-electron chi connectivity index (χ1n) is 5.93. The fourth-order valence-corrected chi connectivity index (χ4v) is 1.90. The van der Waals surface area contributed by atoms with E-state index in [4.69, 9.17) is 5.11 Å². The van der Waals surface area contributed by atoms with Crippen LogP contribution in [0.25, 0.3) is 0 Å². The number of carbonyl (C=O) groups is 2. The number of β-amino-alcohol motifs (C(OH)–C–C–N with tert-alkyl or cyclic N) is 1. The molecule has 0 spiro atoms. The summed E-state index contributed by atoms with van der Waals surface area (Å²) in [5, 5.41) is 23.5. The number of aromatic nitrogens is 1. The summed E-state index contributed by atoms with van der Waals surface area (Å²) in [6.07, 6.45) is 1.16. The first kappa shape index (κ1) is 13.4. The molecule has 2 heterocycles. The third-order valence-corrected chi connectivity index (χ3v) is 2.85. The minimum atomic E-state index is -0.951. The number of amides is 1. The van der Waals surface area contributed by atoms with Crippen LogP contribution in [0.5, 0.6) is 0 Å². The molecule has 1 aliphatic heterocycles. The highest BCUT2D eigenvalue weighted by atomic mass is 16.4. The van der Waals surface area contributed by atoms with E-state index in [1.54, 1.807) is 12.1 Å². The highest BCUT2D eigenvalue weighted by Crippen LogP contribution is 2.11. The Morgan fingerprint density at radius 1 is 1.47 bits per heavy atom. The van der Waals surface area contributed by atoms with Gasteiger partial charge in [0.1, 0.15) is 0 Å². The summed E-state index contributed by atoms with van der Waals surface area (Å²) < 4.78 is 0. The molecule has 4 N–H and O–H groups in total. The molecule has 1 aromatic heterocycles. The van der Waals surface area contributed by atoms with Crippen LogP contribution in [0, 0.1) is 0 Å². The Bertz CT molecular complexity index is 474. The Morgan fingerprint density at radius 2 is 2.26 bits per heavy atom. The zero-order valence-electron chi connectivity index (χ0n) is 10.2. The fourth-order valence-electron chi connectivity index (χ4n) is 1.90. The van der Waals surface area contributed by atoms with Crippen LogP contribution in [0.4, 0.5) is 5.69 Å². The second-order valence-corrected chi connectivity index (χ2v) is 4.45. The summed E-state index contributed by atoms with van der Waals surface area (Å²) in [5.41, 5.74) is 0.933. The van der Waals surface area contributed by atoms with E-state index in [1.165, 1.54) is 6.20 Å². The molecule has 1 amide bonds. The monoisotopic (exact) mass is 265 g/mol. The van der Waals surface area contributed by atoms with Crippen LogP contribution < -0.4 is 10.6 Å². The van der Waals surface area contributed by atoms with E-state index in [0.717, 1.165) is 0 Å². The number of carbonyl (C=O) groups excluding carboxylic acids is 1. The lowest BCUT2D eigenvalue weighted by molar-refractivity contribution is -0.136. The topological polar surface area (TPSA) is 112 Å². The third-order valence-electron chi connectivity index (χ3n) is 2.85. The van der Waals surface area contributed by atoms with Crippen LogP contribution in [-0.4, -0.2) is 45.8 Å². The van der Waals surface area contributed by atoms with Crippen LogP contribution in [0.1, 0.15) is 12.1 Å². The molecular formula is C12H15N3O4. The van der Waals surface area contributed by atoms with Crippen molar-refractivity contribution in [2.75, 3.05) is 11.9 Å². The first-order chi connectivity index (χ1) is 9.04. The summed E-state index contributed by atoms with van der Waals surface area (Å²) >= 11 is 0. The summed E-state index contributed by atoms with van der Waals surface area (Å²) in [4.78, 5) is 26.3. The van der Waals surface area contributed by atoms with E-state index >= 15 is 0 Å². The summed E-state index contributed by atoms with van der Waals surface area (Å²) in [6, 6.07) is 2.75. The molecule has 1 aliphatic rings. The lowest BCUT2D eigenvalue weighted by Crippen LogP contribution is -2.35. The second-order valence-electron chi connectivity index (χ2n) is 4.45. The quantitative estimate of drug-likeness (QED) is 0.577. The number of aliphatic hydroxyl groups is 1. The normalized spacial score (nSPS) is 22.2. The van der Waals surface area contributed by atoms with Crippen molar-refractivity contribution >= 4 is 17.6 Å². The molecule has 102 valence electrons. The Kier molecular flexibility index (Phi) is 4.08. The van der Waals surface area contributed by atoms with E-state index in [9.17, 15) is 14.7 Å². The average molecular weight is 265 g/mol. The standard InChI is InChI=1S/C12H15N3O4/c16-9-4-10(14-6-9)12(19)15-8-2-1-7(13-5-8)3-11(17)18/h1-2,5,9-10,14,16H,3-4,6H2,(H,15,19)(H,17,18). The van der Waals surface area contributed by atoms with Crippen LogP contribution in [-0.2, 0) is 16.0 Å². The number of hydrogen-bond donors (Lipinski definition) is 4. The number of hydrogen-bond acceptors (Lipinski definition) is 5. The van der Waals surface area contributed by atoms with Crippen molar-refractivity contribution < 1.29 is 19.8 Å². The summed E-state index contributed by atoms with van der Waals surface area (Å²) in [6.45, 7) is 0.411. The van der Waals surface area contributed by atoms with Gasteiger partial charge in [0.15, 0.2) is 0 Å². The van der Waals surface area contributed by atoms with Crippen molar-refractivity contribution in [1.82, 2.24) is 10.3 Å². The lowest BCUT2D eigenvalue weighted by atomic mass is 10.2. The van der Waals surface area contributed by atoms with Gasteiger partial charge in [-0.1, -0.05) is 0 Å². The van der Waals surface area contributed by atoms with Crippen LogP contribution in [0.15, 0.2) is 18.3 Å². The molecule has 7 nitrogen and oxygen atoms in total. The first-order valence-corrected chi connectivity index (χ1v) is 5.93. The predicted molar refractivity (Wildman–Crippen MR) is 66.6 cm³/mol. The fraction of sp³-hybridized carbons (Fsp3) is 0.417. The molecule has 19 heavy (non-hydrogen) atoms. The van der Waals surface area contributed by atoms with Gasteiger partial charge in [-0.05, 0) is 18.6 Å². The van der Waals surface area contributed by atoms with Gasteiger partial charge in [-0.15, -0.1) is 0 Å². The number of carboxylic acids is 1. The summed E-state index contributed by atoms with van der Waals surface area (Å²) in [5.74, 6) is -1.18. The molecule has 0 saturated carbocycles. The van der Waals surface area contributed by atoms with E-state index in [1.807, 2.05) is 0 Å². The molecule has 0 aromatic carbocycles. The maximum absolute atomic E-state index is 11.8. The number of nitrogens with one attached hydrogen (secondary N) is 2. The Balaban J connectivity index is 1.92. The maximum Gasteiger partial charge on any atom is 0.309 e. The molecule has 0 aliphatic carbocycles. The Morgan fingerprint density at radius 3 is 2.79 bits per heavy atom. The van der Waals surface area contributed by atoms with Crippen LogP contribution in [0.3, 0.4) is 0 Å². The van der Waals surface area contributed by atoms with Gasteiger partial charge in [-0.2, -0.15) is 0 Å². The number of anilines is 1. The van der Waals surface area contributed by atoms with Gasteiger partial charge in [-0.3, -0.25) is 14.6 Å². The Labute approximate surface area is 109 Å². The van der Waals surface area contributed by atoms with Gasteiger partial charge in [0.05, 0.1) is 36.1 Å². The number of aliphatic hydroxyl groups excluding tert-OH is 1. The molecule has 1 saturated heterocycles. The molecular weight excluding hydrogens is 250 g/mol. The lowest BCUT2D eigenvalue weighted by Gasteiger charge is -2.10. The molecule has 7 heteroatoms. The number of rotatable bonds is 4. The maximum atomic E-state index is 11.8. The molecule has 0 radical (unpaired) electrons. The van der Waals surface area contributed by atoms with Gasteiger partial charge in [-0.25, -0.2) is 0 Å². The number of aliphatic carboxylic acids is 1. The largest absolute Gasteiger partial charge is 0.481 e. The van der Waals surface area contributed by atoms with Crippen molar-refractivity contribution in [3.63, 3.8) is 0 Å². The number of carboxylic acid groups (broad SMARTS) is 1. The second kappa shape index (κ2) is 5.77. The van der Waals surface area contributed by atoms with Crippen molar-refractivity contribution in [3.05, 3.63) is 24.0 Å². The van der Waals surface area contributed by atoms with Gasteiger partial charge in [0, 0.05) is 6.54 Å². The van der Waals surface area contributed by atoms with Crippen LogP contribution >= 0.6 is 0 Å². The van der Waals surface area contributed by atoms with E-state index in [2.05, 4.69) is 15.6 Å². The van der Waals surface area contributed by atoms with E-state index in [-0.39, 0.29) is 12.3 Å². The molecule has 2 unspecified atom stereocenters. The highest BCUT2D eigenvalue weighted by molar-refractivity contribution is 5.94. The average Bonchev–Trinajstić information content (AvgIpc) is 2.78. The SMILES string of the molecule is O=C(O)Cc1ccc(NC(=O)C2CC(O)CN2)cn1. The van der Waals surface area contributed by atoms with Crippen molar-refractivity contribution in [1.29, 1.82) is 0 Å². The smallest absolute Gasteiger partial charge is 0.309 e. The van der Waals surface area contributed by atoms with E-state index in [0.29, 0.717) is 24.3 Å². The van der Waals surface area contributed by atoms with Gasteiger partial charge in [0.2, 0.25) is 5.91 Å². The van der Waals surface area contributed by atoms with Gasteiger partial charge >= 0.3 is 5.97 Å². The zero-order chi connectivity index (χ0) is 13.8. The third kappa shape index (κ3) is 3.73. The van der Waals surface area contributed by atoms with Crippen molar-refractivity contribution in [2.45, 2.75) is 25.0 Å². The summed E-state index contributed by atoms with van der Waals surface area (Å²) in [7, 11) is 0. The molecule has 1 aromatic rings. The minimum Gasteiger partial charge on any atom is -0.481 e. The molecule has 1 fully saturated rings. The molecule has 2 rings (SSSR count). The van der Waals surface area contributed by atoms with Crippen molar-refractivity contribution in [2.24, 2.45) is 0 Å². The van der Waals surface area contributed by atoms with Crippen LogP contribution in [0.2, 0.25) is 0 Å². The zero-order valence-corrected chi connectivity index (χ0v) is 10.2. The number of pyridine rings is 1. The molecule has 0 bridgehead atoms. The van der Waals surface area contributed by atoms with Gasteiger partial charge < -0.3 is 20.8 Å². The predicted octanol–water partition coefficient (Wildman–Crippen LogP) is -0.630. The molecule has 2 atom stereocenters. The highest BCUT2D eigenvalue weighted by Gasteiger charge is 2.27. The van der Waals surface area contributed by atoms with Gasteiger partial charge in [0.25, 0.3) is 0 Å².